The molecule has 8 rings (SSSR count). The van der Waals surface area contributed by atoms with Crippen molar-refractivity contribution < 1.29 is 0 Å². The van der Waals surface area contributed by atoms with E-state index >= 15 is 0 Å². The SMILES string of the molecule is c1cc2cccc3c4ccc5c6nccc7cccc(c8ccc(c(c1)c23)c4c85)c76. The van der Waals surface area contributed by atoms with E-state index in [1.165, 1.54) is 70.0 Å². The molecule has 0 spiro atoms. The van der Waals surface area contributed by atoms with Crippen molar-refractivity contribution in [2.24, 2.45) is 0 Å². The van der Waals surface area contributed by atoms with Crippen molar-refractivity contribution in [3.05, 3.63) is 91.1 Å². The minimum absolute atomic E-state index is 1.11. The predicted octanol–water partition coefficient (Wildman–Crippen LogP) is 8.03. The van der Waals surface area contributed by atoms with Gasteiger partial charge in [-0.05, 0) is 59.9 Å². The molecule has 0 aliphatic rings. The van der Waals surface area contributed by atoms with Crippen LogP contribution in [0.25, 0.3) is 75.5 Å². The fourth-order valence-electron chi connectivity index (χ4n) is 5.81. The van der Waals surface area contributed by atoms with Gasteiger partial charge in [-0.3, -0.25) is 4.98 Å². The summed E-state index contributed by atoms with van der Waals surface area (Å²) < 4.78 is 0. The lowest BCUT2D eigenvalue weighted by Gasteiger charge is -2.18. The van der Waals surface area contributed by atoms with Crippen LogP contribution >= 0.6 is 0 Å². The molecule has 0 atom stereocenters. The van der Waals surface area contributed by atoms with Crippen LogP contribution in [-0.2, 0) is 0 Å². The third kappa shape index (κ3) is 1.57. The number of pyridine rings is 1. The van der Waals surface area contributed by atoms with E-state index in [0.717, 1.165) is 5.52 Å². The van der Waals surface area contributed by atoms with E-state index in [1.54, 1.807) is 0 Å². The average molecular weight is 377 g/mol. The van der Waals surface area contributed by atoms with Crippen LogP contribution in [0.4, 0.5) is 0 Å². The van der Waals surface area contributed by atoms with E-state index < -0.39 is 0 Å². The van der Waals surface area contributed by atoms with Crippen LogP contribution in [0, 0.1) is 0 Å². The molecule has 0 unspecified atom stereocenters. The van der Waals surface area contributed by atoms with Gasteiger partial charge in [-0.2, -0.15) is 0 Å². The molecular formula is C29H15N. The van der Waals surface area contributed by atoms with Gasteiger partial charge in [0.25, 0.3) is 0 Å². The number of aromatic nitrogens is 1. The highest BCUT2D eigenvalue weighted by atomic mass is 14.7. The molecule has 1 aromatic heterocycles. The maximum Gasteiger partial charge on any atom is 0.0793 e. The smallest absolute Gasteiger partial charge is 0.0793 e. The molecule has 0 N–H and O–H groups in total. The van der Waals surface area contributed by atoms with Crippen molar-refractivity contribution in [2.75, 3.05) is 0 Å². The summed E-state index contributed by atoms with van der Waals surface area (Å²) in [6, 6.07) is 31.3. The standard InChI is InChI=1S/C29H15N/c1-4-16-5-2-8-19-22-12-13-24-28-23(11-10-21(27(22)28)18(7-1)25(16)19)20-9-3-6-17-14-15-30-29(24)26(17)20/h1-15H. The van der Waals surface area contributed by atoms with Crippen molar-refractivity contribution >= 4 is 75.5 Å². The summed E-state index contributed by atoms with van der Waals surface area (Å²) in [4.78, 5) is 4.85. The zero-order valence-electron chi connectivity index (χ0n) is 16.1. The Morgan fingerprint density at radius 2 is 0.833 bits per heavy atom. The van der Waals surface area contributed by atoms with Crippen molar-refractivity contribution in [3.63, 3.8) is 0 Å². The molecule has 0 amide bonds. The summed E-state index contributed by atoms with van der Waals surface area (Å²) >= 11 is 0. The van der Waals surface area contributed by atoms with E-state index in [9.17, 15) is 0 Å². The second-order valence-electron chi connectivity index (χ2n) is 8.34. The largest absolute Gasteiger partial charge is 0.256 e. The number of benzene rings is 7. The van der Waals surface area contributed by atoms with Crippen LogP contribution < -0.4 is 0 Å². The van der Waals surface area contributed by atoms with E-state index in [0.29, 0.717) is 0 Å². The van der Waals surface area contributed by atoms with Gasteiger partial charge in [-0.1, -0.05) is 78.9 Å². The van der Waals surface area contributed by atoms with Gasteiger partial charge >= 0.3 is 0 Å². The first-order chi connectivity index (χ1) is 14.9. The Kier molecular flexibility index (Phi) is 2.47. The third-order valence-electron chi connectivity index (χ3n) is 6.98. The molecule has 0 radical (unpaired) electrons. The van der Waals surface area contributed by atoms with Crippen molar-refractivity contribution in [3.8, 4) is 0 Å². The highest BCUT2D eigenvalue weighted by Gasteiger charge is 2.18. The van der Waals surface area contributed by atoms with Gasteiger partial charge in [0.15, 0.2) is 0 Å². The molecule has 0 saturated carbocycles. The number of rotatable bonds is 0. The molecule has 7 aromatic carbocycles. The van der Waals surface area contributed by atoms with Crippen LogP contribution in [0.3, 0.4) is 0 Å². The molecule has 1 heteroatoms. The van der Waals surface area contributed by atoms with Gasteiger partial charge in [0, 0.05) is 22.4 Å². The van der Waals surface area contributed by atoms with E-state index in [4.69, 9.17) is 4.98 Å². The molecule has 30 heavy (non-hydrogen) atoms. The molecular weight excluding hydrogens is 362 g/mol. The topological polar surface area (TPSA) is 12.9 Å². The maximum atomic E-state index is 4.85. The molecule has 0 bridgehead atoms. The Labute approximate surface area is 171 Å². The van der Waals surface area contributed by atoms with Crippen LogP contribution in [0.15, 0.2) is 91.1 Å². The third-order valence-corrected chi connectivity index (χ3v) is 6.98. The van der Waals surface area contributed by atoms with Crippen LogP contribution in [0.5, 0.6) is 0 Å². The van der Waals surface area contributed by atoms with Crippen LogP contribution in [0.2, 0.25) is 0 Å². The fraction of sp³-hybridized carbons (Fsp3) is 0. The lowest BCUT2D eigenvalue weighted by atomic mass is 9.85. The predicted molar refractivity (Wildman–Crippen MR) is 129 cm³/mol. The van der Waals surface area contributed by atoms with Gasteiger partial charge in [0.1, 0.15) is 0 Å². The quantitative estimate of drug-likeness (QED) is 0.192. The highest BCUT2D eigenvalue weighted by Crippen LogP contribution is 2.46. The molecule has 0 fully saturated rings. The minimum Gasteiger partial charge on any atom is -0.256 e. The van der Waals surface area contributed by atoms with E-state index in [1.807, 2.05) is 6.20 Å². The summed E-state index contributed by atoms with van der Waals surface area (Å²) in [6.45, 7) is 0. The lowest BCUT2D eigenvalue weighted by Crippen LogP contribution is -1.92. The first-order valence-corrected chi connectivity index (χ1v) is 10.4. The molecule has 8 aromatic rings. The normalized spacial score (nSPS) is 12.7. The van der Waals surface area contributed by atoms with Gasteiger partial charge in [0.05, 0.1) is 5.52 Å². The van der Waals surface area contributed by atoms with Crippen molar-refractivity contribution in [2.45, 2.75) is 0 Å². The van der Waals surface area contributed by atoms with E-state index in [-0.39, 0.29) is 0 Å². The maximum absolute atomic E-state index is 4.85. The Bertz CT molecular complexity index is 1670. The summed E-state index contributed by atoms with van der Waals surface area (Å²) in [5, 5.41) is 17.1. The molecule has 1 nitrogen and oxygen atoms in total. The summed E-state index contributed by atoms with van der Waals surface area (Å²) in [5.41, 5.74) is 1.11. The number of fused-ring (bicyclic) bond motifs is 4. The zero-order valence-corrected chi connectivity index (χ0v) is 16.1. The Hall–Kier alpha value is -3.97. The number of hydrogen-bond acceptors (Lipinski definition) is 1. The van der Waals surface area contributed by atoms with Crippen molar-refractivity contribution in [1.29, 1.82) is 0 Å². The second-order valence-corrected chi connectivity index (χ2v) is 8.34. The fourth-order valence-corrected chi connectivity index (χ4v) is 5.81. The molecule has 0 saturated heterocycles. The molecule has 0 aliphatic carbocycles. The average Bonchev–Trinajstić information content (AvgIpc) is 2.81. The Morgan fingerprint density at radius 1 is 0.367 bits per heavy atom. The Balaban J connectivity index is 1.80. The lowest BCUT2D eigenvalue weighted by molar-refractivity contribution is 1.44. The number of hydrogen-bond donors (Lipinski definition) is 0. The molecule has 136 valence electrons. The van der Waals surface area contributed by atoms with E-state index in [2.05, 4.69) is 84.9 Å². The first-order valence-electron chi connectivity index (χ1n) is 10.4. The summed E-state index contributed by atoms with van der Waals surface area (Å²) in [5.74, 6) is 0. The van der Waals surface area contributed by atoms with Crippen LogP contribution in [0.1, 0.15) is 0 Å². The second kappa shape index (κ2) is 4.95. The Morgan fingerprint density at radius 3 is 1.47 bits per heavy atom. The highest BCUT2D eigenvalue weighted by molar-refractivity contribution is 6.41. The summed E-state index contributed by atoms with van der Waals surface area (Å²) in [6.07, 6.45) is 1.94. The minimum atomic E-state index is 1.11. The van der Waals surface area contributed by atoms with Gasteiger partial charge in [-0.25, -0.2) is 0 Å². The molecule has 1 heterocycles. The van der Waals surface area contributed by atoms with Gasteiger partial charge in [0.2, 0.25) is 0 Å². The number of nitrogens with zero attached hydrogens (tertiary/aromatic N) is 1. The van der Waals surface area contributed by atoms with Crippen LogP contribution in [-0.4, -0.2) is 4.98 Å². The molecule has 0 aliphatic heterocycles. The summed E-state index contributed by atoms with van der Waals surface area (Å²) in [7, 11) is 0. The van der Waals surface area contributed by atoms with Gasteiger partial charge < -0.3 is 0 Å². The first kappa shape index (κ1) is 14.9. The zero-order chi connectivity index (χ0) is 19.4. The monoisotopic (exact) mass is 377 g/mol. The van der Waals surface area contributed by atoms with Crippen molar-refractivity contribution in [1.82, 2.24) is 4.98 Å². The van der Waals surface area contributed by atoms with Gasteiger partial charge in [-0.15, -0.1) is 0 Å².